The average Bonchev–Trinajstić information content (AvgIpc) is 2.66. The van der Waals surface area contributed by atoms with Gasteiger partial charge in [-0.2, -0.15) is 0 Å². The molecule has 0 radical (unpaired) electrons. The predicted molar refractivity (Wildman–Crippen MR) is 149 cm³/mol. The van der Waals surface area contributed by atoms with Gasteiger partial charge in [-0.3, -0.25) is 0 Å². The first-order valence-electron chi connectivity index (χ1n) is 8.93. The Morgan fingerprint density at radius 1 is 0.667 bits per heavy atom. The quantitative estimate of drug-likeness (QED) is 0.223. The van der Waals surface area contributed by atoms with Crippen molar-refractivity contribution in [2.45, 2.75) is 51.0 Å². The summed E-state index contributed by atoms with van der Waals surface area (Å²) < 4.78 is 2.91. The van der Waals surface area contributed by atoms with Crippen LogP contribution >= 0.6 is 95.5 Å². The van der Waals surface area contributed by atoms with Crippen LogP contribution in [0.4, 0.5) is 0 Å². The summed E-state index contributed by atoms with van der Waals surface area (Å²) in [7, 11) is 0. The van der Waals surface area contributed by atoms with Crippen molar-refractivity contribution in [1.29, 1.82) is 0 Å². The fraction of sp³-hybridized carbons (Fsp3) is 0.526. The van der Waals surface area contributed by atoms with Gasteiger partial charge in [0, 0.05) is 11.5 Å². The molecule has 0 spiro atoms. The van der Waals surface area contributed by atoms with Gasteiger partial charge in [-0.05, 0) is 35.5 Å². The summed E-state index contributed by atoms with van der Waals surface area (Å²) in [5, 5.41) is 0. The van der Waals surface area contributed by atoms with Crippen LogP contribution in [0.1, 0.15) is 50.7 Å². The van der Waals surface area contributed by atoms with E-state index in [0.29, 0.717) is 0 Å². The summed E-state index contributed by atoms with van der Waals surface area (Å²) in [6.07, 6.45) is 4.88. The van der Waals surface area contributed by atoms with E-state index in [1.54, 1.807) is 47.0 Å². The van der Waals surface area contributed by atoms with Gasteiger partial charge in [0.05, 0.1) is 0 Å². The summed E-state index contributed by atoms with van der Waals surface area (Å²) >= 11 is 24.8. The van der Waals surface area contributed by atoms with Crippen molar-refractivity contribution in [3.63, 3.8) is 0 Å². The summed E-state index contributed by atoms with van der Waals surface area (Å²) in [6.45, 7) is 4.41. The van der Waals surface area contributed by atoms with Crippen LogP contribution in [0.5, 0.6) is 0 Å². The predicted octanol–water partition coefficient (Wildman–Crippen LogP) is 8.81. The van der Waals surface area contributed by atoms with Gasteiger partial charge in [0.1, 0.15) is 10.6 Å². The molecule has 150 valence electrons. The molecular formula is C19H26S8. The third-order valence-corrected chi connectivity index (χ3v) is 10.4. The number of unbranched alkanes of at least 4 members (excludes halogenated alkanes) is 2. The summed E-state index contributed by atoms with van der Waals surface area (Å²) in [4.78, 5) is 0. The number of hydrogen-bond donors (Lipinski definition) is 0. The van der Waals surface area contributed by atoms with Gasteiger partial charge < -0.3 is 0 Å². The van der Waals surface area contributed by atoms with Crippen LogP contribution in [0.25, 0.3) is 0 Å². The smallest absolute Gasteiger partial charge is 0.108 e. The fourth-order valence-electron chi connectivity index (χ4n) is 1.78. The highest BCUT2D eigenvalue weighted by atomic mass is 32.3. The second kappa shape index (κ2) is 17.0. The third-order valence-electron chi connectivity index (χ3n) is 3.34. The Hall–Kier alpha value is 1.24. The first kappa shape index (κ1) is 26.3. The van der Waals surface area contributed by atoms with Gasteiger partial charge in [-0.15, -0.1) is 47.0 Å². The molecule has 0 aliphatic rings. The molecule has 8 heteroatoms. The Labute approximate surface area is 202 Å². The van der Waals surface area contributed by atoms with Gasteiger partial charge in [0.2, 0.25) is 0 Å². The van der Waals surface area contributed by atoms with E-state index in [1.807, 2.05) is 11.8 Å². The molecule has 0 saturated heterocycles. The van der Waals surface area contributed by atoms with E-state index in [-0.39, 0.29) is 0 Å². The van der Waals surface area contributed by atoms with E-state index < -0.39 is 0 Å². The van der Waals surface area contributed by atoms with Crippen LogP contribution in [0.2, 0.25) is 0 Å². The van der Waals surface area contributed by atoms with Crippen LogP contribution < -0.4 is 0 Å². The molecule has 1 aromatic carbocycles. The van der Waals surface area contributed by atoms with Crippen LogP contribution in [-0.2, 0) is 11.5 Å². The Balaban J connectivity index is 2.26. The molecule has 0 unspecified atom stereocenters. The van der Waals surface area contributed by atoms with E-state index >= 15 is 0 Å². The van der Waals surface area contributed by atoms with Crippen LogP contribution in [-0.4, -0.2) is 22.1 Å². The SMILES string of the molecule is CCCCSC(=S)SCc1ccc(CSC(=S)SC(=S)SCCCC)cc1. The van der Waals surface area contributed by atoms with Crippen molar-refractivity contribution in [2.75, 3.05) is 11.5 Å². The highest BCUT2D eigenvalue weighted by Crippen LogP contribution is 2.28. The minimum Gasteiger partial charge on any atom is -0.108 e. The normalized spacial score (nSPS) is 10.7. The Kier molecular flexibility index (Phi) is 16.5. The standard InChI is InChI=1S/C19H26S8/c1-3-5-11-23-17(20)25-13-15-7-9-16(10-8-15)14-26-19(22)27-18(21)24-12-6-4-2/h7-10H,3-6,11-14H2,1-2H3. The van der Waals surface area contributed by atoms with E-state index in [4.69, 9.17) is 36.7 Å². The molecule has 0 atom stereocenters. The molecule has 0 aliphatic heterocycles. The Morgan fingerprint density at radius 3 is 1.56 bits per heavy atom. The lowest BCUT2D eigenvalue weighted by Crippen LogP contribution is -1.91. The number of benzene rings is 1. The van der Waals surface area contributed by atoms with Crippen molar-refractivity contribution in [1.82, 2.24) is 0 Å². The van der Waals surface area contributed by atoms with Crippen LogP contribution in [0.3, 0.4) is 0 Å². The molecule has 0 amide bonds. The van der Waals surface area contributed by atoms with E-state index in [2.05, 4.69) is 38.1 Å². The topological polar surface area (TPSA) is 0 Å². The van der Waals surface area contributed by atoms with Crippen molar-refractivity contribution in [2.24, 2.45) is 0 Å². The fourth-order valence-corrected chi connectivity index (χ4v) is 8.22. The molecule has 0 aliphatic carbocycles. The average molecular weight is 511 g/mol. The first-order valence-corrected chi connectivity index (χ1v) is 14.9. The van der Waals surface area contributed by atoms with Crippen molar-refractivity contribution in [3.05, 3.63) is 35.4 Å². The molecule has 27 heavy (non-hydrogen) atoms. The highest BCUT2D eigenvalue weighted by molar-refractivity contribution is 8.62. The lowest BCUT2D eigenvalue weighted by Gasteiger charge is -2.06. The maximum absolute atomic E-state index is 5.45. The van der Waals surface area contributed by atoms with E-state index in [9.17, 15) is 0 Å². The molecular weight excluding hydrogens is 485 g/mol. The van der Waals surface area contributed by atoms with Gasteiger partial charge in [0.15, 0.2) is 0 Å². The molecule has 0 bridgehead atoms. The van der Waals surface area contributed by atoms with Crippen molar-refractivity contribution in [3.8, 4) is 0 Å². The zero-order chi connectivity index (χ0) is 19.9. The van der Waals surface area contributed by atoms with Crippen LogP contribution in [0, 0.1) is 0 Å². The molecule has 1 aromatic rings. The van der Waals surface area contributed by atoms with Gasteiger partial charge in [0.25, 0.3) is 0 Å². The molecule has 1 rings (SSSR count). The number of hydrogen-bond acceptors (Lipinski definition) is 8. The molecule has 0 heterocycles. The lowest BCUT2D eigenvalue weighted by molar-refractivity contribution is 0.898. The first-order chi connectivity index (χ1) is 13.0. The second-order valence-electron chi connectivity index (χ2n) is 5.65. The highest BCUT2D eigenvalue weighted by Gasteiger charge is 2.06. The van der Waals surface area contributed by atoms with Gasteiger partial charge in [-0.1, -0.05) is 99.4 Å². The second-order valence-corrected chi connectivity index (χ2v) is 14.4. The maximum atomic E-state index is 5.45. The Bertz CT molecular complexity index is 582. The Morgan fingerprint density at radius 2 is 1.07 bits per heavy atom. The third kappa shape index (κ3) is 14.0. The number of rotatable bonds is 10. The summed E-state index contributed by atoms with van der Waals surface area (Å²) in [5.41, 5.74) is 2.61. The van der Waals surface area contributed by atoms with E-state index in [1.165, 1.54) is 36.8 Å². The van der Waals surface area contributed by atoms with Gasteiger partial charge >= 0.3 is 0 Å². The minimum atomic E-state index is 0.896. The summed E-state index contributed by atoms with van der Waals surface area (Å²) in [6, 6.07) is 8.78. The van der Waals surface area contributed by atoms with Gasteiger partial charge in [-0.25, -0.2) is 0 Å². The number of thioether (sulfide) groups is 5. The zero-order valence-electron chi connectivity index (χ0n) is 15.7. The zero-order valence-corrected chi connectivity index (χ0v) is 22.3. The molecule has 0 fully saturated rings. The lowest BCUT2D eigenvalue weighted by atomic mass is 10.2. The monoisotopic (exact) mass is 510 g/mol. The maximum Gasteiger partial charge on any atom is 0.110 e. The minimum absolute atomic E-state index is 0.896. The van der Waals surface area contributed by atoms with E-state index in [0.717, 1.165) is 33.6 Å². The molecule has 0 saturated carbocycles. The number of thiocarbonyl (C=S) groups is 3. The molecule has 0 nitrogen and oxygen atoms in total. The summed E-state index contributed by atoms with van der Waals surface area (Å²) in [5.74, 6) is 4.07. The molecule has 0 N–H and O–H groups in total. The van der Waals surface area contributed by atoms with Crippen molar-refractivity contribution < 1.29 is 0 Å². The van der Waals surface area contributed by atoms with Crippen LogP contribution in [0.15, 0.2) is 24.3 Å². The van der Waals surface area contributed by atoms with Crippen molar-refractivity contribution >= 4 is 106 Å². The molecule has 0 aromatic heterocycles. The largest absolute Gasteiger partial charge is 0.110 e.